The summed E-state index contributed by atoms with van der Waals surface area (Å²) in [5.41, 5.74) is 0.611. The van der Waals surface area contributed by atoms with E-state index < -0.39 is 0 Å². The zero-order chi connectivity index (χ0) is 12.3. The first-order chi connectivity index (χ1) is 8.19. The van der Waals surface area contributed by atoms with Gasteiger partial charge in [0.1, 0.15) is 11.6 Å². The number of amides is 1. The summed E-state index contributed by atoms with van der Waals surface area (Å²) < 4.78 is 17.9. The minimum atomic E-state index is -0.366. The van der Waals surface area contributed by atoms with Crippen molar-refractivity contribution in [2.24, 2.45) is 0 Å². The number of nitrogens with one attached hydrogen (secondary N) is 2. The third-order valence-electron chi connectivity index (χ3n) is 2.55. The molecule has 2 N–H and O–H groups in total. The molecule has 0 aromatic heterocycles. The van der Waals surface area contributed by atoms with E-state index in [1.807, 2.05) is 0 Å². The molecule has 5 heteroatoms. The number of hydrogen-bond acceptors (Lipinski definition) is 3. The lowest BCUT2D eigenvalue weighted by Gasteiger charge is -2.11. The maximum absolute atomic E-state index is 12.9. The molecular weight excluding hydrogens is 223 g/mol. The molecule has 1 fully saturated rings. The Kier molecular flexibility index (Phi) is 3.46. The van der Waals surface area contributed by atoms with Crippen molar-refractivity contribution in [3.8, 4) is 5.75 Å². The lowest BCUT2D eigenvalue weighted by atomic mass is 10.3. The highest BCUT2D eigenvalue weighted by molar-refractivity contribution is 5.81. The quantitative estimate of drug-likeness (QED) is 0.817. The maximum Gasteiger partial charge on any atom is 0.239 e. The van der Waals surface area contributed by atoms with Gasteiger partial charge in [0.15, 0.2) is 0 Å². The van der Waals surface area contributed by atoms with Crippen LogP contribution in [-0.2, 0) is 4.79 Å². The van der Waals surface area contributed by atoms with Crippen molar-refractivity contribution >= 4 is 11.6 Å². The average molecular weight is 238 g/mol. The summed E-state index contributed by atoms with van der Waals surface area (Å²) >= 11 is 0. The van der Waals surface area contributed by atoms with Gasteiger partial charge in [0.05, 0.1) is 19.3 Å². The minimum Gasteiger partial charge on any atom is -0.494 e. The van der Waals surface area contributed by atoms with E-state index in [1.165, 1.54) is 19.2 Å². The molecule has 1 amide bonds. The Morgan fingerprint density at radius 3 is 2.94 bits per heavy atom. The predicted octanol–water partition coefficient (Wildman–Crippen LogP) is 1.52. The number of rotatable bonds is 5. The lowest BCUT2D eigenvalue weighted by Crippen LogP contribution is -2.31. The summed E-state index contributed by atoms with van der Waals surface area (Å²) in [6.07, 6.45) is 2.12. The first kappa shape index (κ1) is 11.7. The smallest absolute Gasteiger partial charge is 0.239 e. The number of methoxy groups -OCH3 is 1. The Balaban J connectivity index is 1.90. The second kappa shape index (κ2) is 5.03. The molecule has 1 aliphatic rings. The normalized spacial score (nSPS) is 14.2. The van der Waals surface area contributed by atoms with E-state index in [0.717, 1.165) is 12.8 Å². The van der Waals surface area contributed by atoms with Gasteiger partial charge in [0, 0.05) is 12.1 Å². The van der Waals surface area contributed by atoms with Crippen LogP contribution in [0.5, 0.6) is 5.75 Å². The van der Waals surface area contributed by atoms with Gasteiger partial charge in [-0.1, -0.05) is 0 Å². The van der Waals surface area contributed by atoms with Crippen LogP contribution >= 0.6 is 0 Å². The fourth-order valence-corrected chi connectivity index (χ4v) is 1.49. The molecule has 4 nitrogen and oxygen atoms in total. The third-order valence-corrected chi connectivity index (χ3v) is 2.55. The van der Waals surface area contributed by atoms with Crippen LogP contribution in [0, 0.1) is 5.82 Å². The summed E-state index contributed by atoms with van der Waals surface area (Å²) in [5.74, 6) is -0.0297. The van der Waals surface area contributed by atoms with Crippen molar-refractivity contribution in [1.82, 2.24) is 5.32 Å². The van der Waals surface area contributed by atoms with Crippen molar-refractivity contribution in [3.05, 3.63) is 24.0 Å². The van der Waals surface area contributed by atoms with Crippen LogP contribution in [0.2, 0.25) is 0 Å². The van der Waals surface area contributed by atoms with Crippen molar-refractivity contribution < 1.29 is 13.9 Å². The highest BCUT2D eigenvalue weighted by Crippen LogP contribution is 2.24. The van der Waals surface area contributed by atoms with Crippen LogP contribution in [0.1, 0.15) is 12.8 Å². The van der Waals surface area contributed by atoms with Crippen molar-refractivity contribution in [1.29, 1.82) is 0 Å². The van der Waals surface area contributed by atoms with Crippen LogP contribution in [0.4, 0.5) is 10.1 Å². The Morgan fingerprint density at radius 1 is 1.53 bits per heavy atom. The average Bonchev–Trinajstić information content (AvgIpc) is 3.11. The fraction of sp³-hybridized carbons (Fsp3) is 0.417. The molecule has 0 bridgehead atoms. The second-order valence-corrected chi connectivity index (χ2v) is 4.04. The topological polar surface area (TPSA) is 50.4 Å². The van der Waals surface area contributed by atoms with Gasteiger partial charge in [-0.15, -0.1) is 0 Å². The molecule has 0 atom stereocenters. The Morgan fingerprint density at radius 2 is 2.29 bits per heavy atom. The van der Waals surface area contributed by atoms with E-state index in [4.69, 9.17) is 4.74 Å². The van der Waals surface area contributed by atoms with Gasteiger partial charge in [-0.3, -0.25) is 4.79 Å². The number of ether oxygens (including phenoxy) is 1. The van der Waals surface area contributed by atoms with Gasteiger partial charge in [0.25, 0.3) is 0 Å². The molecule has 1 saturated carbocycles. The van der Waals surface area contributed by atoms with Gasteiger partial charge >= 0.3 is 0 Å². The van der Waals surface area contributed by atoms with E-state index in [-0.39, 0.29) is 18.3 Å². The van der Waals surface area contributed by atoms with E-state index in [0.29, 0.717) is 17.5 Å². The summed E-state index contributed by atoms with van der Waals surface area (Å²) in [7, 11) is 1.46. The standard InChI is InChI=1S/C12H15FN2O2/c1-17-11-6-8(13)2-5-10(11)14-7-12(16)15-9-3-4-9/h2,5-6,9,14H,3-4,7H2,1H3,(H,15,16). The molecule has 2 rings (SSSR count). The molecular formula is C12H15FN2O2. The van der Waals surface area contributed by atoms with Gasteiger partial charge < -0.3 is 15.4 Å². The second-order valence-electron chi connectivity index (χ2n) is 4.04. The Hall–Kier alpha value is -1.78. The summed E-state index contributed by atoms with van der Waals surface area (Å²) in [4.78, 5) is 11.4. The van der Waals surface area contributed by atoms with Gasteiger partial charge in [-0.05, 0) is 25.0 Å². The van der Waals surface area contributed by atoms with E-state index in [9.17, 15) is 9.18 Å². The maximum atomic E-state index is 12.9. The molecule has 0 aliphatic heterocycles. The SMILES string of the molecule is COc1cc(F)ccc1NCC(=O)NC1CC1. The molecule has 0 heterocycles. The largest absolute Gasteiger partial charge is 0.494 e. The molecule has 1 aromatic rings. The van der Waals surface area contributed by atoms with Gasteiger partial charge in [-0.25, -0.2) is 4.39 Å². The molecule has 0 radical (unpaired) electrons. The molecule has 17 heavy (non-hydrogen) atoms. The number of carbonyl (C=O) groups excluding carboxylic acids is 1. The lowest BCUT2D eigenvalue weighted by molar-refractivity contribution is -0.119. The number of hydrogen-bond donors (Lipinski definition) is 2. The summed E-state index contributed by atoms with van der Waals surface area (Å²) in [6, 6.07) is 4.50. The van der Waals surface area contributed by atoms with Crippen molar-refractivity contribution in [3.63, 3.8) is 0 Å². The number of carbonyl (C=O) groups is 1. The highest BCUT2D eigenvalue weighted by atomic mass is 19.1. The first-order valence-corrected chi connectivity index (χ1v) is 5.56. The first-order valence-electron chi connectivity index (χ1n) is 5.56. The number of benzene rings is 1. The molecule has 0 saturated heterocycles. The highest BCUT2D eigenvalue weighted by Gasteiger charge is 2.22. The van der Waals surface area contributed by atoms with Gasteiger partial charge in [-0.2, -0.15) is 0 Å². The third kappa shape index (κ3) is 3.34. The summed E-state index contributed by atoms with van der Waals surface area (Å²) in [5, 5.41) is 5.78. The van der Waals surface area contributed by atoms with E-state index in [2.05, 4.69) is 10.6 Å². The number of anilines is 1. The van der Waals surface area contributed by atoms with E-state index >= 15 is 0 Å². The minimum absolute atomic E-state index is 0.0566. The van der Waals surface area contributed by atoms with Crippen LogP contribution < -0.4 is 15.4 Å². The van der Waals surface area contributed by atoms with Crippen LogP contribution in [0.15, 0.2) is 18.2 Å². The molecule has 1 aromatic carbocycles. The fourth-order valence-electron chi connectivity index (χ4n) is 1.49. The number of halogens is 1. The monoisotopic (exact) mass is 238 g/mol. The molecule has 92 valence electrons. The van der Waals surface area contributed by atoms with Crippen LogP contribution in [0.25, 0.3) is 0 Å². The van der Waals surface area contributed by atoms with Crippen LogP contribution in [-0.4, -0.2) is 25.6 Å². The molecule has 0 unspecified atom stereocenters. The van der Waals surface area contributed by atoms with Crippen molar-refractivity contribution in [2.75, 3.05) is 19.0 Å². The molecule has 0 spiro atoms. The Labute approximate surface area is 99.2 Å². The zero-order valence-corrected chi connectivity index (χ0v) is 9.63. The van der Waals surface area contributed by atoms with Crippen molar-refractivity contribution in [2.45, 2.75) is 18.9 Å². The Bertz CT molecular complexity index is 419. The zero-order valence-electron chi connectivity index (χ0n) is 9.63. The van der Waals surface area contributed by atoms with E-state index in [1.54, 1.807) is 6.07 Å². The predicted molar refractivity (Wildman–Crippen MR) is 62.6 cm³/mol. The van der Waals surface area contributed by atoms with Crippen LogP contribution in [0.3, 0.4) is 0 Å². The molecule has 1 aliphatic carbocycles. The van der Waals surface area contributed by atoms with Gasteiger partial charge in [0.2, 0.25) is 5.91 Å². The summed E-state index contributed by atoms with van der Waals surface area (Å²) in [6.45, 7) is 0.165.